The Bertz CT molecular complexity index is 595. The van der Waals surface area contributed by atoms with E-state index in [0.717, 1.165) is 22.1 Å². The summed E-state index contributed by atoms with van der Waals surface area (Å²) in [7, 11) is 0. The van der Waals surface area contributed by atoms with Crippen molar-refractivity contribution in [3.8, 4) is 0 Å². The number of nitrogens with zero attached hydrogens (tertiary/aromatic N) is 1. The standard InChI is InChI=1S/C11H6BrF3N2OS/c12-9-3-6(5-19-9)10(18)17-7-1-2-8(16-4-7)11(13,14)15/h1-5H,(H,17,18). The van der Waals surface area contributed by atoms with Crippen molar-refractivity contribution in [2.75, 3.05) is 5.32 Å². The number of alkyl halides is 3. The summed E-state index contributed by atoms with van der Waals surface area (Å²) in [5.41, 5.74) is -0.360. The van der Waals surface area contributed by atoms with Gasteiger partial charge in [-0.3, -0.25) is 4.79 Å². The highest BCUT2D eigenvalue weighted by Gasteiger charge is 2.32. The van der Waals surface area contributed by atoms with Crippen molar-refractivity contribution < 1.29 is 18.0 Å². The summed E-state index contributed by atoms with van der Waals surface area (Å²) in [6.45, 7) is 0. The minimum Gasteiger partial charge on any atom is -0.321 e. The van der Waals surface area contributed by atoms with Crippen LogP contribution < -0.4 is 5.32 Å². The van der Waals surface area contributed by atoms with Gasteiger partial charge in [-0.25, -0.2) is 4.98 Å². The molecule has 2 heterocycles. The third-order valence-corrected chi connectivity index (χ3v) is 3.65. The van der Waals surface area contributed by atoms with E-state index in [9.17, 15) is 18.0 Å². The molecule has 1 amide bonds. The van der Waals surface area contributed by atoms with E-state index < -0.39 is 17.8 Å². The average Bonchev–Trinajstić information content (AvgIpc) is 2.75. The molecular formula is C11H6BrF3N2OS. The lowest BCUT2D eigenvalue weighted by Gasteiger charge is -2.07. The number of thiophene rings is 1. The minimum atomic E-state index is -4.49. The topological polar surface area (TPSA) is 42.0 Å². The maximum absolute atomic E-state index is 12.3. The van der Waals surface area contributed by atoms with Crippen molar-refractivity contribution >= 4 is 38.9 Å². The van der Waals surface area contributed by atoms with Crippen molar-refractivity contribution in [2.45, 2.75) is 6.18 Å². The maximum Gasteiger partial charge on any atom is 0.433 e. The number of halogens is 4. The molecule has 2 aromatic heterocycles. The molecule has 0 spiro atoms. The van der Waals surface area contributed by atoms with E-state index in [1.165, 1.54) is 11.3 Å². The number of amides is 1. The van der Waals surface area contributed by atoms with Gasteiger partial charge in [-0.05, 0) is 34.1 Å². The molecule has 0 aliphatic carbocycles. The summed E-state index contributed by atoms with van der Waals surface area (Å²) in [5, 5.41) is 4.10. The number of aromatic nitrogens is 1. The van der Waals surface area contributed by atoms with Crippen LogP contribution in [0.2, 0.25) is 0 Å². The molecule has 2 aromatic rings. The number of hydrogen-bond donors (Lipinski definition) is 1. The van der Waals surface area contributed by atoms with Crippen LogP contribution in [0.15, 0.2) is 33.6 Å². The minimum absolute atomic E-state index is 0.209. The molecule has 0 aliphatic heterocycles. The van der Waals surface area contributed by atoms with Crippen molar-refractivity contribution in [3.63, 3.8) is 0 Å². The summed E-state index contributed by atoms with van der Waals surface area (Å²) in [4.78, 5) is 15.0. The molecule has 0 aliphatic rings. The predicted octanol–water partition coefficient (Wildman–Crippen LogP) is 4.18. The first-order chi connectivity index (χ1) is 8.86. The Kier molecular flexibility index (Phi) is 3.91. The summed E-state index contributed by atoms with van der Waals surface area (Å²) < 4.78 is 37.7. The first-order valence-corrected chi connectivity index (χ1v) is 6.62. The van der Waals surface area contributed by atoms with Crippen molar-refractivity contribution in [2.24, 2.45) is 0 Å². The summed E-state index contributed by atoms with van der Waals surface area (Å²) >= 11 is 4.56. The Balaban J connectivity index is 2.10. The fourth-order valence-corrected chi connectivity index (χ4v) is 2.40. The van der Waals surface area contributed by atoms with E-state index in [-0.39, 0.29) is 5.69 Å². The molecule has 0 atom stereocenters. The smallest absolute Gasteiger partial charge is 0.321 e. The second-order valence-corrected chi connectivity index (χ2v) is 5.81. The van der Waals surface area contributed by atoms with Crippen LogP contribution in [0.3, 0.4) is 0 Å². The zero-order valence-electron chi connectivity index (χ0n) is 9.16. The largest absolute Gasteiger partial charge is 0.433 e. The molecule has 2 rings (SSSR count). The van der Waals surface area contributed by atoms with Gasteiger partial charge in [0, 0.05) is 5.38 Å². The number of pyridine rings is 1. The molecule has 1 N–H and O–H groups in total. The number of carbonyl (C=O) groups excluding carboxylic acids is 1. The zero-order valence-corrected chi connectivity index (χ0v) is 11.6. The van der Waals surface area contributed by atoms with E-state index in [0.29, 0.717) is 5.56 Å². The van der Waals surface area contributed by atoms with Gasteiger partial charge in [0.25, 0.3) is 5.91 Å². The molecule has 0 saturated carbocycles. The maximum atomic E-state index is 12.3. The van der Waals surface area contributed by atoms with Crippen LogP contribution in [0.1, 0.15) is 16.1 Å². The number of nitrogens with one attached hydrogen (secondary N) is 1. The Morgan fingerprint density at radius 3 is 2.58 bits per heavy atom. The lowest BCUT2D eigenvalue weighted by Crippen LogP contribution is -2.12. The molecule has 0 fully saturated rings. The lowest BCUT2D eigenvalue weighted by atomic mass is 10.3. The summed E-state index contributed by atoms with van der Waals surface area (Å²) in [6, 6.07) is 3.60. The van der Waals surface area contributed by atoms with E-state index >= 15 is 0 Å². The van der Waals surface area contributed by atoms with Crippen molar-refractivity contribution in [1.82, 2.24) is 4.98 Å². The number of carbonyl (C=O) groups is 1. The summed E-state index contributed by atoms with van der Waals surface area (Å²) in [6.07, 6.45) is -3.51. The Labute approximate surface area is 118 Å². The molecular weight excluding hydrogens is 345 g/mol. The van der Waals surface area contributed by atoms with Crippen LogP contribution in [0.4, 0.5) is 18.9 Å². The van der Waals surface area contributed by atoms with Gasteiger partial charge >= 0.3 is 6.18 Å². The predicted molar refractivity (Wildman–Crippen MR) is 69.2 cm³/mol. The third-order valence-electron chi connectivity index (χ3n) is 2.14. The first-order valence-electron chi connectivity index (χ1n) is 4.95. The van der Waals surface area contributed by atoms with Crippen molar-refractivity contribution in [1.29, 1.82) is 0 Å². The molecule has 8 heteroatoms. The first kappa shape index (κ1) is 14.0. The lowest BCUT2D eigenvalue weighted by molar-refractivity contribution is -0.141. The van der Waals surface area contributed by atoms with Gasteiger partial charge in [-0.1, -0.05) is 0 Å². The van der Waals surface area contributed by atoms with Gasteiger partial charge < -0.3 is 5.32 Å². The second-order valence-electron chi connectivity index (χ2n) is 3.52. The highest BCUT2D eigenvalue weighted by atomic mass is 79.9. The van der Waals surface area contributed by atoms with E-state index in [1.54, 1.807) is 11.4 Å². The van der Waals surface area contributed by atoms with Crippen LogP contribution in [-0.4, -0.2) is 10.9 Å². The van der Waals surface area contributed by atoms with Gasteiger partial charge in [-0.15, -0.1) is 11.3 Å². The molecule has 0 aromatic carbocycles. The number of anilines is 1. The molecule has 100 valence electrons. The highest BCUT2D eigenvalue weighted by molar-refractivity contribution is 9.11. The van der Waals surface area contributed by atoms with Crippen LogP contribution in [-0.2, 0) is 6.18 Å². The Morgan fingerprint density at radius 2 is 2.11 bits per heavy atom. The van der Waals surface area contributed by atoms with Gasteiger partial charge in [0.15, 0.2) is 0 Å². The van der Waals surface area contributed by atoms with Gasteiger partial charge in [0.05, 0.1) is 21.2 Å². The van der Waals surface area contributed by atoms with Gasteiger partial charge in [0.1, 0.15) is 5.69 Å². The SMILES string of the molecule is O=C(Nc1ccc(C(F)(F)F)nc1)c1csc(Br)c1. The molecule has 3 nitrogen and oxygen atoms in total. The molecule has 0 saturated heterocycles. The van der Waals surface area contributed by atoms with Gasteiger partial charge in [0.2, 0.25) is 0 Å². The van der Waals surface area contributed by atoms with Crippen LogP contribution in [0.5, 0.6) is 0 Å². The molecule has 0 bridgehead atoms. The van der Waals surface area contributed by atoms with E-state index in [1.807, 2.05) is 0 Å². The van der Waals surface area contributed by atoms with Crippen molar-refractivity contribution in [3.05, 3.63) is 44.8 Å². The zero-order chi connectivity index (χ0) is 14.0. The second kappa shape index (κ2) is 5.30. The fraction of sp³-hybridized carbons (Fsp3) is 0.0909. The van der Waals surface area contributed by atoms with Crippen LogP contribution in [0, 0.1) is 0 Å². The monoisotopic (exact) mass is 350 g/mol. The van der Waals surface area contributed by atoms with Crippen LogP contribution in [0.25, 0.3) is 0 Å². The Morgan fingerprint density at radius 1 is 1.37 bits per heavy atom. The summed E-state index contributed by atoms with van der Waals surface area (Å²) in [5.74, 6) is -0.400. The molecule has 0 unspecified atom stereocenters. The van der Waals surface area contributed by atoms with E-state index in [2.05, 4.69) is 26.2 Å². The average molecular weight is 351 g/mol. The van der Waals surface area contributed by atoms with Gasteiger partial charge in [-0.2, -0.15) is 13.2 Å². The number of hydrogen-bond acceptors (Lipinski definition) is 3. The quantitative estimate of drug-likeness (QED) is 0.882. The number of rotatable bonds is 2. The van der Waals surface area contributed by atoms with Crippen LogP contribution >= 0.6 is 27.3 Å². The molecule has 19 heavy (non-hydrogen) atoms. The normalized spacial score (nSPS) is 11.4. The van der Waals surface area contributed by atoms with E-state index in [4.69, 9.17) is 0 Å². The molecule has 0 radical (unpaired) electrons. The third kappa shape index (κ3) is 3.54. The highest BCUT2D eigenvalue weighted by Crippen LogP contribution is 2.28. The fourth-order valence-electron chi connectivity index (χ4n) is 1.27. The Hall–Kier alpha value is -1.41.